The van der Waals surface area contributed by atoms with E-state index in [0.29, 0.717) is 17.6 Å². The van der Waals surface area contributed by atoms with E-state index in [0.717, 1.165) is 25.7 Å². The molecule has 1 aliphatic carbocycles. The van der Waals surface area contributed by atoms with Crippen LogP contribution in [0.5, 0.6) is 0 Å². The van der Waals surface area contributed by atoms with Gasteiger partial charge < -0.3 is 0 Å². The molecule has 1 saturated carbocycles. The van der Waals surface area contributed by atoms with Crippen molar-refractivity contribution in [3.8, 4) is 0 Å². The quantitative estimate of drug-likeness (QED) is 0.575. The maximum atomic E-state index is 11.1. The monoisotopic (exact) mass is 140 g/mol. The van der Waals surface area contributed by atoms with Crippen LogP contribution in [-0.2, 0) is 4.79 Å². The Morgan fingerprint density at radius 2 is 2.30 bits per heavy atom. The smallest absolute Gasteiger partial charge is 0.135 e. The second kappa shape index (κ2) is 3.18. The molecule has 0 spiro atoms. The highest BCUT2D eigenvalue weighted by atomic mass is 16.1. The lowest BCUT2D eigenvalue weighted by Crippen LogP contribution is -2.08. The van der Waals surface area contributed by atoms with Gasteiger partial charge in [0.15, 0.2) is 0 Å². The summed E-state index contributed by atoms with van der Waals surface area (Å²) in [4.78, 5) is 11.1. The topological polar surface area (TPSA) is 17.1 Å². The first-order valence-corrected chi connectivity index (χ1v) is 4.23. The van der Waals surface area contributed by atoms with Crippen LogP contribution in [0.3, 0.4) is 0 Å². The molecule has 1 fully saturated rings. The number of ketones is 1. The molecule has 0 aromatic carbocycles. The fraction of sp³-hybridized carbons (Fsp3) is 0.889. The number of hydrogen-bond donors (Lipinski definition) is 0. The second-order valence-corrected chi connectivity index (χ2v) is 3.69. The predicted molar refractivity (Wildman–Crippen MR) is 41.8 cm³/mol. The Kier molecular flexibility index (Phi) is 2.47. The van der Waals surface area contributed by atoms with Crippen molar-refractivity contribution in [3.63, 3.8) is 0 Å². The van der Waals surface area contributed by atoms with Gasteiger partial charge in [-0.3, -0.25) is 4.79 Å². The van der Waals surface area contributed by atoms with Gasteiger partial charge in [0.25, 0.3) is 0 Å². The van der Waals surface area contributed by atoms with E-state index in [4.69, 9.17) is 0 Å². The van der Waals surface area contributed by atoms with Gasteiger partial charge in [0.1, 0.15) is 5.78 Å². The van der Waals surface area contributed by atoms with Crippen LogP contribution < -0.4 is 0 Å². The molecule has 0 bridgehead atoms. The van der Waals surface area contributed by atoms with Crippen molar-refractivity contribution in [2.75, 3.05) is 0 Å². The summed E-state index contributed by atoms with van der Waals surface area (Å²) in [6.45, 7) is 4.37. The molecule has 1 aliphatic rings. The Hall–Kier alpha value is -0.330. The summed E-state index contributed by atoms with van der Waals surface area (Å²) in [6.07, 6.45) is 4.24. The molecule has 58 valence electrons. The Morgan fingerprint density at radius 3 is 2.70 bits per heavy atom. The maximum Gasteiger partial charge on any atom is 0.135 e. The summed E-state index contributed by atoms with van der Waals surface area (Å²) in [7, 11) is 0. The summed E-state index contributed by atoms with van der Waals surface area (Å²) >= 11 is 0. The van der Waals surface area contributed by atoms with Gasteiger partial charge in [-0.2, -0.15) is 0 Å². The molecule has 0 aliphatic heterocycles. The zero-order valence-electron chi connectivity index (χ0n) is 6.89. The first kappa shape index (κ1) is 7.77. The Balaban J connectivity index is 2.33. The van der Waals surface area contributed by atoms with Gasteiger partial charge in [0.05, 0.1) is 0 Å². The Morgan fingerprint density at radius 1 is 1.60 bits per heavy atom. The van der Waals surface area contributed by atoms with Crippen molar-refractivity contribution in [2.45, 2.75) is 39.5 Å². The van der Waals surface area contributed by atoms with Crippen LogP contribution in [0.1, 0.15) is 39.5 Å². The lowest BCUT2D eigenvalue weighted by molar-refractivity contribution is -0.121. The third kappa shape index (κ3) is 1.83. The average molecular weight is 140 g/mol. The van der Waals surface area contributed by atoms with Gasteiger partial charge in [-0.05, 0) is 25.2 Å². The van der Waals surface area contributed by atoms with Crippen molar-refractivity contribution in [1.29, 1.82) is 0 Å². The Bertz CT molecular complexity index is 127. The minimum atomic E-state index is 0.417. The lowest BCUT2D eigenvalue weighted by Gasteiger charge is -2.09. The van der Waals surface area contributed by atoms with Crippen LogP contribution in [0.4, 0.5) is 0 Å². The van der Waals surface area contributed by atoms with Gasteiger partial charge in [-0.25, -0.2) is 0 Å². The van der Waals surface area contributed by atoms with Crippen LogP contribution in [0.25, 0.3) is 0 Å². The molecule has 1 nitrogen and oxygen atoms in total. The Labute approximate surface area is 62.8 Å². The predicted octanol–water partition coefficient (Wildman–Crippen LogP) is 2.40. The van der Waals surface area contributed by atoms with Crippen molar-refractivity contribution >= 4 is 5.78 Å². The highest BCUT2D eigenvalue weighted by molar-refractivity contribution is 5.82. The van der Waals surface area contributed by atoms with Crippen LogP contribution in [0.2, 0.25) is 0 Å². The summed E-state index contributed by atoms with van der Waals surface area (Å²) in [5, 5.41) is 0. The molecular formula is C9H16O. The highest BCUT2D eigenvalue weighted by Gasteiger charge is 2.24. The SMILES string of the molecule is CC(C)C[C@@H]1CCCC1=O. The third-order valence-electron chi connectivity index (χ3n) is 2.19. The maximum absolute atomic E-state index is 11.1. The number of Topliss-reactive ketones (excluding diaryl/α,β-unsaturated/α-hetero) is 1. The molecule has 1 heteroatoms. The molecule has 0 aromatic heterocycles. The van der Waals surface area contributed by atoms with E-state index in [1.165, 1.54) is 0 Å². The highest BCUT2D eigenvalue weighted by Crippen LogP contribution is 2.26. The van der Waals surface area contributed by atoms with E-state index in [1.807, 2.05) is 0 Å². The van der Waals surface area contributed by atoms with Gasteiger partial charge in [-0.15, -0.1) is 0 Å². The number of rotatable bonds is 2. The zero-order valence-corrected chi connectivity index (χ0v) is 6.89. The van der Waals surface area contributed by atoms with Gasteiger partial charge in [0, 0.05) is 12.3 Å². The van der Waals surface area contributed by atoms with Crippen molar-refractivity contribution < 1.29 is 4.79 Å². The van der Waals surface area contributed by atoms with Crippen molar-refractivity contribution in [3.05, 3.63) is 0 Å². The van der Waals surface area contributed by atoms with E-state index in [-0.39, 0.29) is 0 Å². The van der Waals surface area contributed by atoms with Crippen LogP contribution in [0, 0.1) is 11.8 Å². The molecule has 10 heavy (non-hydrogen) atoms. The molecule has 0 saturated heterocycles. The minimum Gasteiger partial charge on any atom is -0.299 e. The largest absolute Gasteiger partial charge is 0.299 e. The van der Waals surface area contributed by atoms with E-state index in [2.05, 4.69) is 13.8 Å². The minimum absolute atomic E-state index is 0.417. The molecule has 0 aromatic rings. The molecule has 1 atom stereocenters. The fourth-order valence-corrected chi connectivity index (χ4v) is 1.71. The van der Waals surface area contributed by atoms with Crippen LogP contribution in [-0.4, -0.2) is 5.78 Å². The van der Waals surface area contributed by atoms with E-state index in [9.17, 15) is 4.79 Å². The first-order chi connectivity index (χ1) is 4.70. The first-order valence-electron chi connectivity index (χ1n) is 4.23. The number of carbonyl (C=O) groups is 1. The molecular weight excluding hydrogens is 124 g/mol. The lowest BCUT2D eigenvalue weighted by atomic mass is 9.95. The molecule has 0 unspecified atom stereocenters. The van der Waals surface area contributed by atoms with E-state index < -0.39 is 0 Å². The average Bonchev–Trinajstić information content (AvgIpc) is 2.15. The molecule has 0 radical (unpaired) electrons. The van der Waals surface area contributed by atoms with Gasteiger partial charge in [0.2, 0.25) is 0 Å². The van der Waals surface area contributed by atoms with Crippen LogP contribution in [0.15, 0.2) is 0 Å². The molecule has 0 heterocycles. The van der Waals surface area contributed by atoms with Gasteiger partial charge >= 0.3 is 0 Å². The zero-order chi connectivity index (χ0) is 7.56. The normalized spacial score (nSPS) is 26.3. The summed E-state index contributed by atoms with van der Waals surface area (Å²) in [6, 6.07) is 0. The summed E-state index contributed by atoms with van der Waals surface area (Å²) in [5.41, 5.74) is 0. The van der Waals surface area contributed by atoms with Crippen molar-refractivity contribution in [2.24, 2.45) is 11.8 Å². The number of hydrogen-bond acceptors (Lipinski definition) is 1. The summed E-state index contributed by atoms with van der Waals surface area (Å²) < 4.78 is 0. The fourth-order valence-electron chi connectivity index (χ4n) is 1.71. The summed E-state index contributed by atoms with van der Waals surface area (Å²) in [5.74, 6) is 1.61. The van der Waals surface area contributed by atoms with Crippen molar-refractivity contribution in [1.82, 2.24) is 0 Å². The second-order valence-electron chi connectivity index (χ2n) is 3.69. The van der Waals surface area contributed by atoms with E-state index in [1.54, 1.807) is 0 Å². The van der Waals surface area contributed by atoms with E-state index >= 15 is 0 Å². The molecule has 0 N–H and O–H groups in total. The number of carbonyl (C=O) groups excluding carboxylic acids is 1. The molecule has 1 rings (SSSR count). The third-order valence-corrected chi connectivity index (χ3v) is 2.19. The molecule has 0 amide bonds. The standard InChI is InChI=1S/C9H16O/c1-7(2)6-8-4-3-5-9(8)10/h7-8H,3-6H2,1-2H3/t8-/m0/s1. The van der Waals surface area contributed by atoms with Gasteiger partial charge in [-0.1, -0.05) is 13.8 Å². The van der Waals surface area contributed by atoms with Crippen LogP contribution >= 0.6 is 0 Å².